The van der Waals surface area contributed by atoms with Crippen LogP contribution in [0.2, 0.25) is 0 Å². The van der Waals surface area contributed by atoms with E-state index in [4.69, 9.17) is 18.3 Å². The van der Waals surface area contributed by atoms with Crippen LogP contribution in [0.3, 0.4) is 0 Å². The lowest BCUT2D eigenvalue weighted by Crippen LogP contribution is -2.32. The quantitative estimate of drug-likeness (QED) is 0.778. The highest BCUT2D eigenvalue weighted by Gasteiger charge is 2.15. The lowest BCUT2D eigenvalue weighted by atomic mass is 10.1. The Morgan fingerprint density at radius 3 is 3.13 bits per heavy atom. The van der Waals surface area contributed by atoms with Gasteiger partial charge in [0.05, 0.1) is 9.80 Å². The highest BCUT2D eigenvalue weighted by Crippen LogP contribution is 2.20. The van der Waals surface area contributed by atoms with Crippen LogP contribution in [0.15, 0.2) is 18.2 Å². The lowest BCUT2D eigenvalue weighted by molar-refractivity contribution is -0.138. The third-order valence-corrected chi connectivity index (χ3v) is 1.91. The van der Waals surface area contributed by atoms with Gasteiger partial charge in [0.1, 0.15) is 17.6 Å². The summed E-state index contributed by atoms with van der Waals surface area (Å²) < 4.78 is 31.5. The van der Waals surface area contributed by atoms with Crippen LogP contribution >= 0.6 is 0 Å². The van der Waals surface area contributed by atoms with Gasteiger partial charge in [-0.3, -0.25) is 4.79 Å². The van der Waals surface area contributed by atoms with Crippen molar-refractivity contribution >= 4 is 5.97 Å². The second-order valence-electron chi connectivity index (χ2n) is 3.02. The molecule has 0 saturated heterocycles. The standard InChI is InChI=1S/C10H12FNO3/c1-15-9-5-7(11)3-2-6(9)4-8(12)10(13)14/h2-3,5,8H,4,12H2,1H3,(H,13,14)/t8-/m0/s1/i1D2. The Labute approximate surface area is 89.3 Å². The summed E-state index contributed by atoms with van der Waals surface area (Å²) in [5, 5.41) is 8.66. The van der Waals surface area contributed by atoms with E-state index in [0.29, 0.717) is 5.56 Å². The molecule has 5 heteroatoms. The maximum Gasteiger partial charge on any atom is 0.320 e. The number of hydrogen-bond acceptors (Lipinski definition) is 3. The zero-order chi connectivity index (χ0) is 13.0. The molecule has 0 aromatic heterocycles. The molecular formula is C10H12FNO3. The predicted octanol–water partition coefficient (Wildman–Crippen LogP) is 0.789. The molecule has 1 rings (SSSR count). The fraction of sp³-hybridized carbons (Fsp3) is 0.300. The van der Waals surface area contributed by atoms with Gasteiger partial charge in [0.25, 0.3) is 0 Å². The van der Waals surface area contributed by atoms with Gasteiger partial charge in [-0.25, -0.2) is 4.39 Å². The normalized spacial score (nSPS) is 14.3. The number of aliphatic carboxylic acids is 1. The van der Waals surface area contributed by atoms with Crippen LogP contribution in [0.4, 0.5) is 4.39 Å². The highest BCUT2D eigenvalue weighted by molar-refractivity contribution is 5.73. The molecule has 15 heavy (non-hydrogen) atoms. The number of carbonyl (C=O) groups is 1. The van der Waals surface area contributed by atoms with Gasteiger partial charge in [-0.1, -0.05) is 6.07 Å². The number of hydrogen-bond donors (Lipinski definition) is 2. The zero-order valence-electron chi connectivity index (χ0n) is 9.81. The molecule has 0 spiro atoms. The Morgan fingerprint density at radius 1 is 1.80 bits per heavy atom. The molecule has 0 aliphatic heterocycles. The summed E-state index contributed by atoms with van der Waals surface area (Å²) in [6, 6.07) is 2.33. The Hall–Kier alpha value is -1.62. The van der Waals surface area contributed by atoms with Crippen LogP contribution < -0.4 is 10.5 Å². The Bertz CT molecular complexity index is 415. The fourth-order valence-electron chi connectivity index (χ4n) is 1.13. The summed E-state index contributed by atoms with van der Waals surface area (Å²) >= 11 is 0. The molecule has 1 aromatic carbocycles. The van der Waals surface area contributed by atoms with Crippen LogP contribution in [0.1, 0.15) is 8.30 Å². The molecular weight excluding hydrogens is 201 g/mol. The number of benzene rings is 1. The van der Waals surface area contributed by atoms with Gasteiger partial charge in [-0.2, -0.15) is 0 Å². The molecule has 1 aromatic rings. The van der Waals surface area contributed by atoms with Crippen molar-refractivity contribution in [3.05, 3.63) is 29.6 Å². The average Bonchev–Trinajstić information content (AvgIpc) is 2.20. The third kappa shape index (κ3) is 2.92. The summed E-state index contributed by atoms with van der Waals surface area (Å²) in [5.74, 6) is -1.81. The van der Waals surface area contributed by atoms with Crippen molar-refractivity contribution in [2.45, 2.75) is 12.5 Å². The number of ether oxygens (including phenoxy) is 1. The summed E-state index contributed by atoms with van der Waals surface area (Å²) in [7, 11) is -1.61. The first kappa shape index (κ1) is 8.67. The van der Waals surface area contributed by atoms with Gasteiger partial charge in [-0.05, 0) is 11.6 Å². The van der Waals surface area contributed by atoms with Crippen molar-refractivity contribution in [1.82, 2.24) is 0 Å². The molecule has 4 nitrogen and oxygen atoms in total. The molecule has 0 fully saturated rings. The molecule has 0 aliphatic carbocycles. The number of rotatable bonds is 4. The van der Waals surface area contributed by atoms with E-state index in [1.807, 2.05) is 0 Å². The van der Waals surface area contributed by atoms with Crippen molar-refractivity contribution < 1.29 is 21.8 Å². The number of halogens is 1. The minimum absolute atomic E-state index is 0.0308. The monoisotopic (exact) mass is 215 g/mol. The van der Waals surface area contributed by atoms with E-state index in [1.165, 1.54) is 6.07 Å². The molecule has 82 valence electrons. The zero-order valence-corrected chi connectivity index (χ0v) is 7.81. The van der Waals surface area contributed by atoms with E-state index < -0.39 is 24.9 Å². The van der Waals surface area contributed by atoms with E-state index >= 15 is 0 Å². The molecule has 0 heterocycles. The van der Waals surface area contributed by atoms with Crippen LogP contribution in [0.25, 0.3) is 0 Å². The first-order chi connectivity index (χ1) is 7.90. The number of methoxy groups -OCH3 is 1. The smallest absolute Gasteiger partial charge is 0.320 e. The SMILES string of the molecule is [2H]C([2H])Oc1cc(F)ccc1C[C@H](N)C(=O)O. The number of carboxylic acids is 1. The predicted molar refractivity (Wildman–Crippen MR) is 52.3 cm³/mol. The van der Waals surface area contributed by atoms with Crippen molar-refractivity contribution in [1.29, 1.82) is 0 Å². The van der Waals surface area contributed by atoms with E-state index in [2.05, 4.69) is 0 Å². The Morgan fingerprint density at radius 2 is 2.53 bits per heavy atom. The number of nitrogens with two attached hydrogens (primary N) is 1. The largest absolute Gasteiger partial charge is 0.496 e. The van der Waals surface area contributed by atoms with Gasteiger partial charge >= 0.3 is 5.97 Å². The summed E-state index contributed by atoms with van der Waals surface area (Å²) in [4.78, 5) is 10.6. The minimum atomic E-state index is -1.61. The van der Waals surface area contributed by atoms with Crippen LogP contribution in [0.5, 0.6) is 5.75 Å². The maximum atomic E-state index is 12.9. The van der Waals surface area contributed by atoms with Gasteiger partial charge in [-0.15, -0.1) is 0 Å². The third-order valence-electron chi connectivity index (χ3n) is 1.91. The molecule has 0 bridgehead atoms. The lowest BCUT2D eigenvalue weighted by Gasteiger charge is -2.10. The van der Waals surface area contributed by atoms with E-state index in [1.54, 1.807) is 0 Å². The molecule has 3 N–H and O–H groups in total. The average molecular weight is 215 g/mol. The Balaban J connectivity index is 2.93. The summed E-state index contributed by atoms with van der Waals surface area (Å²) in [5.41, 5.74) is 5.70. The summed E-state index contributed by atoms with van der Waals surface area (Å²) in [6.45, 7) is 0. The maximum absolute atomic E-state index is 12.9. The second kappa shape index (κ2) is 4.75. The second-order valence-corrected chi connectivity index (χ2v) is 3.02. The van der Waals surface area contributed by atoms with Gasteiger partial charge < -0.3 is 15.6 Å². The van der Waals surface area contributed by atoms with Gasteiger partial charge in [0.15, 0.2) is 0 Å². The minimum Gasteiger partial charge on any atom is -0.496 e. The van der Waals surface area contributed by atoms with Crippen molar-refractivity contribution in [3.63, 3.8) is 0 Å². The van der Waals surface area contributed by atoms with Crippen molar-refractivity contribution in [3.8, 4) is 5.75 Å². The van der Waals surface area contributed by atoms with Crippen LogP contribution in [0, 0.1) is 5.82 Å². The topological polar surface area (TPSA) is 72.5 Å². The fourth-order valence-corrected chi connectivity index (χ4v) is 1.13. The van der Waals surface area contributed by atoms with E-state index in [0.717, 1.165) is 12.1 Å². The van der Waals surface area contributed by atoms with Crippen LogP contribution in [-0.2, 0) is 11.2 Å². The van der Waals surface area contributed by atoms with Crippen LogP contribution in [-0.4, -0.2) is 24.2 Å². The van der Waals surface area contributed by atoms with Gasteiger partial charge in [0.2, 0.25) is 0 Å². The molecule has 0 saturated carbocycles. The van der Waals surface area contributed by atoms with E-state index in [-0.39, 0.29) is 12.2 Å². The first-order valence-corrected chi connectivity index (χ1v) is 4.18. The van der Waals surface area contributed by atoms with Crippen molar-refractivity contribution in [2.24, 2.45) is 5.73 Å². The Kier molecular flexibility index (Phi) is 2.74. The molecule has 0 radical (unpaired) electrons. The highest BCUT2D eigenvalue weighted by atomic mass is 19.1. The van der Waals surface area contributed by atoms with Crippen molar-refractivity contribution in [2.75, 3.05) is 7.06 Å². The first-order valence-electron chi connectivity index (χ1n) is 5.33. The van der Waals surface area contributed by atoms with Gasteiger partial charge in [0, 0.05) is 12.5 Å². The molecule has 0 amide bonds. The number of carboxylic acid groups (broad SMARTS) is 1. The molecule has 0 unspecified atom stereocenters. The molecule has 1 atom stereocenters. The van der Waals surface area contributed by atoms with E-state index in [9.17, 15) is 9.18 Å². The molecule has 0 aliphatic rings. The summed E-state index contributed by atoms with van der Waals surface area (Å²) in [6.07, 6.45) is -0.0579.